The van der Waals surface area contributed by atoms with Crippen molar-refractivity contribution in [3.8, 4) is 0 Å². The van der Waals surface area contributed by atoms with Crippen LogP contribution in [0.5, 0.6) is 0 Å². The highest BCUT2D eigenvalue weighted by Crippen LogP contribution is 2.21. The molecular formula is C17H35Cl2N3O2. The number of nitrogens with one attached hydrogen (secondary N) is 1. The molecule has 0 radical (unpaired) electrons. The minimum Gasteiger partial charge on any atom is -0.373 e. The Hall–Kier alpha value is -0.0700. The predicted octanol–water partition coefficient (Wildman–Crippen LogP) is 2.18. The zero-order valence-corrected chi connectivity index (χ0v) is 17.0. The number of amides is 1. The molecule has 144 valence electrons. The van der Waals surface area contributed by atoms with E-state index in [1.165, 1.54) is 6.54 Å². The fraction of sp³-hybridized carbons (Fsp3) is 0.941. The zero-order chi connectivity index (χ0) is 15.9. The van der Waals surface area contributed by atoms with E-state index >= 15 is 0 Å². The van der Waals surface area contributed by atoms with Crippen molar-refractivity contribution >= 4 is 30.7 Å². The number of likely N-dealkylation sites (tertiary alicyclic amines) is 1. The molecule has 0 spiro atoms. The first-order chi connectivity index (χ1) is 10.6. The molecule has 2 aliphatic heterocycles. The number of carbonyl (C=O) groups excluding carboxylic acids is 1. The Morgan fingerprint density at radius 2 is 1.71 bits per heavy atom. The van der Waals surface area contributed by atoms with Crippen LogP contribution in [0, 0.1) is 5.92 Å². The second-order valence-corrected chi connectivity index (χ2v) is 7.01. The fourth-order valence-corrected chi connectivity index (χ4v) is 3.74. The lowest BCUT2D eigenvalue weighted by Crippen LogP contribution is -2.48. The van der Waals surface area contributed by atoms with Gasteiger partial charge in [0.15, 0.2) is 0 Å². The standard InChI is InChI=1S/C17H33N3O2.2ClH/c1-14-11-19(12-15(2)22-14)13-16-6-9-20(10-7-16)17(21)5-4-8-18-3;;/h14-16,18H,4-13H2,1-3H3;2*1H. The van der Waals surface area contributed by atoms with Crippen LogP contribution in [0.3, 0.4) is 0 Å². The fourth-order valence-electron chi connectivity index (χ4n) is 3.74. The minimum absolute atomic E-state index is 0. The van der Waals surface area contributed by atoms with Gasteiger partial charge in [0.1, 0.15) is 0 Å². The summed E-state index contributed by atoms with van der Waals surface area (Å²) in [6.45, 7) is 10.4. The van der Waals surface area contributed by atoms with Gasteiger partial charge < -0.3 is 15.0 Å². The summed E-state index contributed by atoms with van der Waals surface area (Å²) in [5.74, 6) is 1.07. The predicted molar refractivity (Wildman–Crippen MR) is 103 cm³/mol. The molecule has 2 atom stereocenters. The first kappa shape index (κ1) is 23.9. The van der Waals surface area contributed by atoms with E-state index in [2.05, 4.69) is 29.0 Å². The molecule has 24 heavy (non-hydrogen) atoms. The van der Waals surface area contributed by atoms with Crippen molar-refractivity contribution in [1.29, 1.82) is 0 Å². The Bertz CT molecular complexity index is 343. The molecule has 0 aliphatic carbocycles. The minimum atomic E-state index is 0. The van der Waals surface area contributed by atoms with Crippen molar-refractivity contribution in [3.63, 3.8) is 0 Å². The Kier molecular flexibility index (Phi) is 12.3. The average Bonchev–Trinajstić information content (AvgIpc) is 2.47. The smallest absolute Gasteiger partial charge is 0.222 e. The topological polar surface area (TPSA) is 44.8 Å². The Morgan fingerprint density at radius 3 is 2.25 bits per heavy atom. The molecule has 2 aliphatic rings. The number of morpholine rings is 1. The number of rotatable bonds is 6. The third-order valence-electron chi connectivity index (χ3n) is 4.80. The number of piperidine rings is 1. The second kappa shape index (κ2) is 12.3. The van der Waals surface area contributed by atoms with Crippen LogP contribution in [-0.2, 0) is 9.53 Å². The normalized spacial score (nSPS) is 25.7. The van der Waals surface area contributed by atoms with Crippen LogP contribution in [-0.4, -0.2) is 74.2 Å². The maximum atomic E-state index is 12.1. The molecule has 2 heterocycles. The average molecular weight is 384 g/mol. The van der Waals surface area contributed by atoms with E-state index < -0.39 is 0 Å². The van der Waals surface area contributed by atoms with E-state index in [0.717, 1.165) is 57.9 Å². The maximum absolute atomic E-state index is 12.1. The SMILES string of the molecule is CNCCCC(=O)N1CCC(CN2CC(C)OC(C)C2)CC1.Cl.Cl. The molecule has 5 nitrogen and oxygen atoms in total. The first-order valence-electron chi connectivity index (χ1n) is 8.88. The molecule has 0 bridgehead atoms. The molecule has 2 rings (SSSR count). The highest BCUT2D eigenvalue weighted by Gasteiger charge is 2.27. The van der Waals surface area contributed by atoms with Crippen molar-refractivity contribution in [1.82, 2.24) is 15.1 Å². The highest BCUT2D eigenvalue weighted by molar-refractivity contribution is 5.85. The largest absolute Gasteiger partial charge is 0.373 e. The summed E-state index contributed by atoms with van der Waals surface area (Å²) in [4.78, 5) is 16.7. The van der Waals surface area contributed by atoms with Crippen LogP contribution >= 0.6 is 24.8 Å². The second-order valence-electron chi connectivity index (χ2n) is 7.01. The number of hydrogen-bond acceptors (Lipinski definition) is 4. The van der Waals surface area contributed by atoms with Crippen molar-refractivity contribution in [3.05, 3.63) is 0 Å². The van der Waals surface area contributed by atoms with Crippen LogP contribution in [0.2, 0.25) is 0 Å². The number of halogens is 2. The van der Waals surface area contributed by atoms with Gasteiger partial charge in [-0.1, -0.05) is 0 Å². The van der Waals surface area contributed by atoms with E-state index in [9.17, 15) is 4.79 Å². The molecule has 0 aromatic carbocycles. The molecule has 1 N–H and O–H groups in total. The van der Waals surface area contributed by atoms with Gasteiger partial charge in [-0.2, -0.15) is 0 Å². The van der Waals surface area contributed by atoms with Crippen LogP contribution in [0.4, 0.5) is 0 Å². The van der Waals surface area contributed by atoms with Crippen LogP contribution in [0.25, 0.3) is 0 Å². The van der Waals surface area contributed by atoms with Gasteiger partial charge in [-0.25, -0.2) is 0 Å². The van der Waals surface area contributed by atoms with Crippen LogP contribution in [0.1, 0.15) is 39.5 Å². The summed E-state index contributed by atoms with van der Waals surface area (Å²) >= 11 is 0. The van der Waals surface area contributed by atoms with E-state index in [1.807, 2.05) is 7.05 Å². The van der Waals surface area contributed by atoms with E-state index in [4.69, 9.17) is 4.74 Å². The molecule has 2 saturated heterocycles. The summed E-state index contributed by atoms with van der Waals surface area (Å²) in [6, 6.07) is 0. The van der Waals surface area contributed by atoms with Crippen molar-refractivity contribution < 1.29 is 9.53 Å². The lowest BCUT2D eigenvalue weighted by molar-refractivity contribution is -0.132. The van der Waals surface area contributed by atoms with Gasteiger partial charge >= 0.3 is 0 Å². The van der Waals surface area contributed by atoms with Gasteiger partial charge in [-0.15, -0.1) is 24.8 Å². The van der Waals surface area contributed by atoms with Crippen LogP contribution < -0.4 is 5.32 Å². The number of hydrogen-bond donors (Lipinski definition) is 1. The number of nitrogens with zero attached hydrogens (tertiary/aromatic N) is 2. The monoisotopic (exact) mass is 383 g/mol. The summed E-state index contributed by atoms with van der Waals surface area (Å²) in [5.41, 5.74) is 0. The zero-order valence-electron chi connectivity index (χ0n) is 15.3. The van der Waals surface area contributed by atoms with Crippen molar-refractivity contribution in [2.45, 2.75) is 51.7 Å². The van der Waals surface area contributed by atoms with Crippen molar-refractivity contribution in [2.24, 2.45) is 5.92 Å². The van der Waals surface area contributed by atoms with Crippen LogP contribution in [0.15, 0.2) is 0 Å². The van der Waals surface area contributed by atoms with E-state index in [0.29, 0.717) is 24.5 Å². The number of carbonyl (C=O) groups is 1. The lowest BCUT2D eigenvalue weighted by atomic mass is 9.95. The molecule has 0 aromatic rings. The molecular weight excluding hydrogens is 349 g/mol. The molecule has 0 aromatic heterocycles. The third kappa shape index (κ3) is 7.87. The van der Waals surface area contributed by atoms with E-state index in [1.54, 1.807) is 0 Å². The van der Waals surface area contributed by atoms with Gasteiger partial charge in [-0.05, 0) is 52.6 Å². The van der Waals surface area contributed by atoms with Gasteiger partial charge in [-0.3, -0.25) is 9.69 Å². The Morgan fingerprint density at radius 1 is 1.12 bits per heavy atom. The lowest BCUT2D eigenvalue weighted by Gasteiger charge is -2.39. The number of ether oxygens (including phenoxy) is 1. The van der Waals surface area contributed by atoms with Gasteiger partial charge in [0.2, 0.25) is 5.91 Å². The summed E-state index contributed by atoms with van der Waals surface area (Å²) in [6.07, 6.45) is 4.62. The molecule has 2 fully saturated rings. The van der Waals surface area contributed by atoms with E-state index in [-0.39, 0.29) is 24.8 Å². The van der Waals surface area contributed by atoms with Gasteiger partial charge in [0.05, 0.1) is 12.2 Å². The molecule has 2 unspecified atom stereocenters. The molecule has 1 amide bonds. The maximum Gasteiger partial charge on any atom is 0.222 e. The highest BCUT2D eigenvalue weighted by atomic mass is 35.5. The first-order valence-corrected chi connectivity index (χ1v) is 8.88. The third-order valence-corrected chi connectivity index (χ3v) is 4.80. The summed E-state index contributed by atoms with van der Waals surface area (Å²) in [7, 11) is 1.93. The van der Waals surface area contributed by atoms with Gasteiger partial charge in [0, 0.05) is 39.1 Å². The Labute approximate surface area is 159 Å². The summed E-state index contributed by atoms with van der Waals surface area (Å²) < 4.78 is 5.80. The quantitative estimate of drug-likeness (QED) is 0.713. The Balaban J connectivity index is 0.00000264. The summed E-state index contributed by atoms with van der Waals surface area (Å²) in [5, 5.41) is 3.10. The van der Waals surface area contributed by atoms with Crippen molar-refractivity contribution in [2.75, 3.05) is 46.3 Å². The molecule has 7 heteroatoms. The van der Waals surface area contributed by atoms with Gasteiger partial charge in [0.25, 0.3) is 0 Å². The molecule has 0 saturated carbocycles.